The van der Waals surface area contributed by atoms with Crippen LogP contribution < -0.4 is 10.9 Å². The van der Waals surface area contributed by atoms with E-state index in [1.54, 1.807) is 0 Å². The number of benzene rings is 1. The number of aromatic nitrogens is 1. The third-order valence-electron chi connectivity index (χ3n) is 3.87. The van der Waals surface area contributed by atoms with Crippen LogP contribution in [-0.4, -0.2) is 15.4 Å². The summed E-state index contributed by atoms with van der Waals surface area (Å²) in [4.78, 5) is 34.7. The summed E-state index contributed by atoms with van der Waals surface area (Å²) in [5.41, 5.74) is 3.14. The lowest BCUT2D eigenvalue weighted by atomic mass is 10.1. The first-order valence-corrected chi connectivity index (χ1v) is 7.43. The maximum atomic E-state index is 12.3. The second kappa shape index (κ2) is 6.66. The summed E-state index contributed by atoms with van der Waals surface area (Å²) >= 11 is 0. The minimum Gasteiger partial charge on any atom is -0.324 e. The maximum Gasteiger partial charge on any atom is 0.288 e. The molecule has 7 heteroatoms. The van der Waals surface area contributed by atoms with Gasteiger partial charge in [0.25, 0.3) is 11.2 Å². The Labute approximate surface area is 139 Å². The average Bonchev–Trinajstić information content (AvgIpc) is 2.46. The summed E-state index contributed by atoms with van der Waals surface area (Å²) in [6.07, 6.45) is 0. The number of carbonyl (C=O) groups is 1. The van der Waals surface area contributed by atoms with Crippen molar-refractivity contribution >= 4 is 17.3 Å². The molecule has 1 N–H and O–H groups in total. The second-order valence-electron chi connectivity index (χ2n) is 5.81. The van der Waals surface area contributed by atoms with Crippen molar-refractivity contribution in [2.45, 2.75) is 34.2 Å². The normalized spacial score (nSPS) is 10.5. The van der Waals surface area contributed by atoms with E-state index in [-0.39, 0.29) is 17.9 Å². The predicted octanol–water partition coefficient (Wildman–Crippen LogP) is 2.63. The fourth-order valence-corrected chi connectivity index (χ4v) is 2.75. The summed E-state index contributed by atoms with van der Waals surface area (Å²) in [6, 6.07) is 6.15. The molecule has 7 nitrogen and oxygen atoms in total. The highest BCUT2D eigenvalue weighted by molar-refractivity contribution is 5.92. The van der Waals surface area contributed by atoms with Crippen LogP contribution >= 0.6 is 0 Å². The third kappa shape index (κ3) is 3.51. The first-order valence-electron chi connectivity index (χ1n) is 7.43. The highest BCUT2D eigenvalue weighted by Crippen LogP contribution is 2.22. The molecule has 0 radical (unpaired) electrons. The summed E-state index contributed by atoms with van der Waals surface area (Å²) in [6.45, 7) is 6.92. The lowest BCUT2D eigenvalue weighted by molar-refractivity contribution is -0.386. The molecule has 0 fully saturated rings. The Morgan fingerprint density at radius 2 is 1.75 bits per heavy atom. The van der Waals surface area contributed by atoms with Gasteiger partial charge in [-0.1, -0.05) is 17.7 Å². The van der Waals surface area contributed by atoms with Gasteiger partial charge in [0.05, 0.1) is 10.6 Å². The Hall–Kier alpha value is -2.96. The fourth-order valence-electron chi connectivity index (χ4n) is 2.75. The van der Waals surface area contributed by atoms with Crippen LogP contribution in [0.3, 0.4) is 0 Å². The summed E-state index contributed by atoms with van der Waals surface area (Å²) < 4.78 is 1.10. The zero-order valence-electron chi connectivity index (χ0n) is 14.0. The van der Waals surface area contributed by atoms with E-state index in [4.69, 9.17) is 0 Å². The zero-order chi connectivity index (χ0) is 18.0. The zero-order valence-corrected chi connectivity index (χ0v) is 14.0. The maximum absolute atomic E-state index is 12.3. The van der Waals surface area contributed by atoms with Crippen molar-refractivity contribution in [3.63, 3.8) is 0 Å². The van der Waals surface area contributed by atoms with Gasteiger partial charge in [0.2, 0.25) is 5.91 Å². The molecule has 1 heterocycles. The predicted molar refractivity (Wildman–Crippen MR) is 91.4 cm³/mol. The van der Waals surface area contributed by atoms with Crippen molar-refractivity contribution < 1.29 is 9.72 Å². The molecule has 1 amide bonds. The minimum atomic E-state index is -0.572. The van der Waals surface area contributed by atoms with Gasteiger partial charge < -0.3 is 5.32 Å². The Balaban J connectivity index is 2.30. The molecule has 24 heavy (non-hydrogen) atoms. The van der Waals surface area contributed by atoms with Crippen molar-refractivity contribution in [1.29, 1.82) is 0 Å². The van der Waals surface area contributed by atoms with E-state index in [0.717, 1.165) is 33.4 Å². The molecule has 0 bridgehead atoms. The molecular formula is C17H19N3O4. The molecule has 1 aromatic heterocycles. The number of nitro groups is 1. The molecule has 1 aromatic carbocycles. The topological polar surface area (TPSA) is 94.2 Å². The first-order chi connectivity index (χ1) is 11.2. The highest BCUT2D eigenvalue weighted by Gasteiger charge is 2.17. The Morgan fingerprint density at radius 3 is 2.29 bits per heavy atom. The third-order valence-corrected chi connectivity index (χ3v) is 3.87. The molecule has 0 unspecified atom stereocenters. The number of amides is 1. The number of aryl methyl sites for hydroxylation is 3. The van der Waals surface area contributed by atoms with Gasteiger partial charge in [0, 0.05) is 17.8 Å². The van der Waals surface area contributed by atoms with E-state index < -0.39 is 16.4 Å². The van der Waals surface area contributed by atoms with E-state index in [1.807, 2.05) is 32.9 Å². The largest absolute Gasteiger partial charge is 0.324 e. The molecule has 2 aromatic rings. The van der Waals surface area contributed by atoms with Gasteiger partial charge in [-0.2, -0.15) is 0 Å². The monoisotopic (exact) mass is 329 g/mol. The standard InChI is InChI=1S/C17H19N3O4/c1-10-7-11(2)17(12(3)8-10)18-15(21)9-19-13(4)14(20(23)24)5-6-16(19)22/h5-8H,9H2,1-4H3,(H,18,21). The van der Waals surface area contributed by atoms with E-state index in [2.05, 4.69) is 5.32 Å². The van der Waals surface area contributed by atoms with Crippen LogP contribution in [0.15, 0.2) is 29.1 Å². The molecule has 0 spiro atoms. The van der Waals surface area contributed by atoms with E-state index in [1.165, 1.54) is 6.92 Å². The van der Waals surface area contributed by atoms with Gasteiger partial charge in [0.1, 0.15) is 6.54 Å². The summed E-state index contributed by atoms with van der Waals surface area (Å²) in [5.74, 6) is -0.407. The first kappa shape index (κ1) is 17.4. The molecule has 0 aliphatic carbocycles. The molecule has 0 saturated heterocycles. The Morgan fingerprint density at radius 1 is 1.17 bits per heavy atom. The van der Waals surface area contributed by atoms with Crippen LogP contribution in [0.2, 0.25) is 0 Å². The molecule has 0 aliphatic heterocycles. The van der Waals surface area contributed by atoms with Gasteiger partial charge >= 0.3 is 0 Å². The average molecular weight is 329 g/mol. The number of nitrogens with one attached hydrogen (secondary N) is 1. The summed E-state index contributed by atoms with van der Waals surface area (Å²) in [5, 5.41) is 13.8. The van der Waals surface area contributed by atoms with Crippen molar-refractivity contribution in [3.8, 4) is 0 Å². The van der Waals surface area contributed by atoms with Crippen molar-refractivity contribution in [2.24, 2.45) is 0 Å². The van der Waals surface area contributed by atoms with Gasteiger partial charge in [-0.15, -0.1) is 0 Å². The Kier molecular flexibility index (Phi) is 4.82. The van der Waals surface area contributed by atoms with Crippen LogP contribution in [0.25, 0.3) is 0 Å². The van der Waals surface area contributed by atoms with Gasteiger partial charge in [-0.05, 0) is 38.8 Å². The van der Waals surface area contributed by atoms with Gasteiger partial charge in [-0.3, -0.25) is 24.3 Å². The van der Waals surface area contributed by atoms with Gasteiger partial charge in [-0.25, -0.2) is 0 Å². The second-order valence-corrected chi connectivity index (χ2v) is 5.81. The van der Waals surface area contributed by atoms with Gasteiger partial charge in [0.15, 0.2) is 0 Å². The van der Waals surface area contributed by atoms with Crippen LogP contribution in [0.1, 0.15) is 22.4 Å². The number of hydrogen-bond acceptors (Lipinski definition) is 4. The van der Waals surface area contributed by atoms with Crippen molar-refractivity contribution in [2.75, 3.05) is 5.32 Å². The van der Waals surface area contributed by atoms with Crippen molar-refractivity contribution in [1.82, 2.24) is 4.57 Å². The fraction of sp³-hybridized carbons (Fsp3) is 0.294. The lowest BCUT2D eigenvalue weighted by Crippen LogP contribution is -2.29. The van der Waals surface area contributed by atoms with Crippen LogP contribution in [0.4, 0.5) is 11.4 Å². The number of pyridine rings is 1. The van der Waals surface area contributed by atoms with E-state index >= 15 is 0 Å². The SMILES string of the molecule is Cc1cc(C)c(NC(=O)Cn2c(C)c([N+](=O)[O-])ccc2=O)c(C)c1. The number of hydrogen-bond donors (Lipinski definition) is 1. The number of carbonyl (C=O) groups excluding carboxylic acids is 1. The molecule has 2 rings (SSSR count). The van der Waals surface area contributed by atoms with Crippen molar-refractivity contribution in [3.05, 3.63) is 67.1 Å². The number of anilines is 1. The smallest absolute Gasteiger partial charge is 0.288 e. The molecule has 0 aliphatic rings. The number of rotatable bonds is 4. The van der Waals surface area contributed by atoms with Crippen LogP contribution in [0, 0.1) is 37.8 Å². The quantitative estimate of drug-likeness (QED) is 0.689. The highest BCUT2D eigenvalue weighted by atomic mass is 16.6. The molecule has 126 valence electrons. The molecule has 0 saturated carbocycles. The summed E-state index contributed by atoms with van der Waals surface area (Å²) in [7, 11) is 0. The van der Waals surface area contributed by atoms with Crippen LogP contribution in [0.5, 0.6) is 0 Å². The molecular weight excluding hydrogens is 310 g/mol. The minimum absolute atomic E-state index is 0.153. The van der Waals surface area contributed by atoms with E-state index in [0.29, 0.717) is 5.69 Å². The Bertz CT molecular complexity index is 861. The lowest BCUT2D eigenvalue weighted by Gasteiger charge is -2.14. The molecule has 0 atom stereocenters. The van der Waals surface area contributed by atoms with E-state index in [9.17, 15) is 19.7 Å². The number of nitrogens with zero attached hydrogens (tertiary/aromatic N) is 2. The van der Waals surface area contributed by atoms with Crippen LogP contribution in [-0.2, 0) is 11.3 Å².